The lowest BCUT2D eigenvalue weighted by molar-refractivity contribution is 0.482. The molecule has 0 bridgehead atoms. The van der Waals surface area contributed by atoms with Gasteiger partial charge in [-0.05, 0) is 60.8 Å². The standard InChI is InChI=1S/C13H13BrCl2/c14-13(9-4-7-3-8(7)5-9)11-6-10(15)1-2-12(11)16/h1-2,6-9,13H,3-5H2. The number of hydrogen-bond donors (Lipinski definition) is 0. The van der Waals surface area contributed by atoms with Crippen LogP contribution >= 0.6 is 39.1 Å². The molecule has 0 N–H and O–H groups in total. The third kappa shape index (κ3) is 2.02. The van der Waals surface area contributed by atoms with Gasteiger partial charge in [0.15, 0.2) is 0 Å². The van der Waals surface area contributed by atoms with Gasteiger partial charge >= 0.3 is 0 Å². The third-order valence-corrected chi connectivity index (χ3v) is 5.77. The molecular weight excluding hydrogens is 307 g/mol. The summed E-state index contributed by atoms with van der Waals surface area (Å²) < 4.78 is 0. The summed E-state index contributed by atoms with van der Waals surface area (Å²) >= 11 is 16.1. The molecular formula is C13H13BrCl2. The third-order valence-electron chi connectivity index (χ3n) is 3.95. The highest BCUT2D eigenvalue weighted by Gasteiger charge is 2.47. The van der Waals surface area contributed by atoms with Gasteiger partial charge in [-0.1, -0.05) is 39.1 Å². The van der Waals surface area contributed by atoms with E-state index in [0.717, 1.165) is 33.4 Å². The van der Waals surface area contributed by atoms with E-state index < -0.39 is 0 Å². The molecule has 2 aliphatic rings. The van der Waals surface area contributed by atoms with E-state index in [1.165, 1.54) is 19.3 Å². The fourth-order valence-electron chi connectivity index (χ4n) is 2.98. The zero-order valence-corrected chi connectivity index (χ0v) is 11.9. The first kappa shape index (κ1) is 11.4. The topological polar surface area (TPSA) is 0 Å². The van der Waals surface area contributed by atoms with Crippen LogP contribution in [0, 0.1) is 17.8 Å². The van der Waals surface area contributed by atoms with Crippen LogP contribution in [0.15, 0.2) is 18.2 Å². The Balaban J connectivity index is 1.82. The SMILES string of the molecule is Clc1ccc(Cl)c(C(Br)C2CC3CC3C2)c1. The van der Waals surface area contributed by atoms with E-state index in [-0.39, 0.29) is 0 Å². The van der Waals surface area contributed by atoms with Gasteiger partial charge < -0.3 is 0 Å². The number of alkyl halides is 1. The minimum absolute atomic E-state index is 0.367. The minimum atomic E-state index is 0.367. The summed E-state index contributed by atoms with van der Waals surface area (Å²) in [5.74, 6) is 2.74. The largest absolute Gasteiger partial charge is 0.0843 e. The minimum Gasteiger partial charge on any atom is -0.0843 e. The van der Waals surface area contributed by atoms with Crippen LogP contribution in [0.25, 0.3) is 0 Å². The first-order valence-corrected chi connectivity index (χ1v) is 7.41. The van der Waals surface area contributed by atoms with Crippen LogP contribution in [-0.4, -0.2) is 0 Å². The Kier molecular flexibility index (Phi) is 2.98. The van der Waals surface area contributed by atoms with Gasteiger partial charge in [-0.15, -0.1) is 0 Å². The van der Waals surface area contributed by atoms with E-state index in [1.54, 1.807) is 0 Å². The summed E-state index contributed by atoms with van der Waals surface area (Å²) in [6, 6.07) is 5.73. The van der Waals surface area contributed by atoms with Crippen LogP contribution in [0.5, 0.6) is 0 Å². The first-order chi connectivity index (χ1) is 7.65. The van der Waals surface area contributed by atoms with Crippen LogP contribution in [0.2, 0.25) is 10.0 Å². The van der Waals surface area contributed by atoms with Crippen LogP contribution in [-0.2, 0) is 0 Å². The quantitative estimate of drug-likeness (QED) is 0.633. The Labute approximate surface area is 114 Å². The zero-order valence-electron chi connectivity index (χ0n) is 8.80. The molecule has 0 amide bonds. The van der Waals surface area contributed by atoms with Crippen molar-refractivity contribution in [3.63, 3.8) is 0 Å². The number of benzene rings is 1. The van der Waals surface area contributed by atoms with Crippen LogP contribution < -0.4 is 0 Å². The summed E-state index contributed by atoms with van der Waals surface area (Å²) in [6.45, 7) is 0. The smallest absolute Gasteiger partial charge is 0.0450 e. The van der Waals surface area contributed by atoms with Crippen LogP contribution in [0.1, 0.15) is 29.7 Å². The summed E-state index contributed by atoms with van der Waals surface area (Å²) in [5.41, 5.74) is 1.15. The highest BCUT2D eigenvalue weighted by Crippen LogP contribution is 2.59. The van der Waals surface area contributed by atoms with E-state index >= 15 is 0 Å². The molecule has 1 aromatic carbocycles. The van der Waals surface area contributed by atoms with E-state index in [0.29, 0.717) is 4.83 Å². The number of fused-ring (bicyclic) bond motifs is 1. The second-order valence-electron chi connectivity index (χ2n) is 5.05. The van der Waals surface area contributed by atoms with Gasteiger partial charge in [0.25, 0.3) is 0 Å². The van der Waals surface area contributed by atoms with E-state index in [2.05, 4.69) is 15.9 Å². The molecule has 0 heterocycles. The lowest BCUT2D eigenvalue weighted by Crippen LogP contribution is -2.06. The molecule has 2 aliphatic carbocycles. The van der Waals surface area contributed by atoms with Gasteiger partial charge in [0.2, 0.25) is 0 Å². The predicted octanol–water partition coefficient (Wildman–Crippen LogP) is 5.48. The molecule has 0 radical (unpaired) electrons. The zero-order chi connectivity index (χ0) is 11.3. The summed E-state index contributed by atoms with van der Waals surface area (Å²) in [6.07, 6.45) is 4.16. The predicted molar refractivity (Wildman–Crippen MR) is 72.5 cm³/mol. The monoisotopic (exact) mass is 318 g/mol. The molecule has 0 spiro atoms. The highest BCUT2D eigenvalue weighted by molar-refractivity contribution is 9.09. The first-order valence-electron chi connectivity index (χ1n) is 5.74. The molecule has 0 aromatic heterocycles. The second-order valence-corrected chi connectivity index (χ2v) is 6.89. The fraction of sp³-hybridized carbons (Fsp3) is 0.538. The summed E-state index contributed by atoms with van der Waals surface area (Å²) in [7, 11) is 0. The molecule has 86 valence electrons. The van der Waals surface area contributed by atoms with Gasteiger partial charge in [0, 0.05) is 14.9 Å². The molecule has 2 saturated carbocycles. The average Bonchev–Trinajstić information content (AvgIpc) is 2.88. The lowest BCUT2D eigenvalue weighted by atomic mass is 9.94. The number of rotatable bonds is 2. The molecule has 3 unspecified atom stereocenters. The molecule has 1 aromatic rings. The maximum absolute atomic E-state index is 6.23. The Morgan fingerprint density at radius 3 is 2.50 bits per heavy atom. The lowest BCUT2D eigenvalue weighted by Gasteiger charge is -2.20. The molecule has 3 rings (SSSR count). The Hall–Kier alpha value is 0.280. The maximum atomic E-state index is 6.23. The van der Waals surface area contributed by atoms with Gasteiger partial charge in [0.05, 0.1) is 0 Å². The summed E-state index contributed by atoms with van der Waals surface area (Å²) in [5, 5.41) is 1.60. The fourth-order valence-corrected chi connectivity index (χ4v) is 4.34. The number of halogens is 3. The van der Waals surface area contributed by atoms with Crippen molar-refractivity contribution >= 4 is 39.1 Å². The van der Waals surface area contributed by atoms with Gasteiger partial charge in [-0.2, -0.15) is 0 Å². The molecule has 0 saturated heterocycles. The van der Waals surface area contributed by atoms with Crippen molar-refractivity contribution in [2.75, 3.05) is 0 Å². The van der Waals surface area contributed by atoms with E-state index in [4.69, 9.17) is 23.2 Å². The maximum Gasteiger partial charge on any atom is 0.0450 e. The Morgan fingerprint density at radius 2 is 1.81 bits per heavy atom. The molecule has 3 atom stereocenters. The van der Waals surface area contributed by atoms with E-state index in [9.17, 15) is 0 Å². The Morgan fingerprint density at radius 1 is 1.12 bits per heavy atom. The van der Waals surface area contributed by atoms with Crippen LogP contribution in [0.4, 0.5) is 0 Å². The Bertz CT molecular complexity index is 408. The van der Waals surface area contributed by atoms with Crippen molar-refractivity contribution in [1.82, 2.24) is 0 Å². The molecule has 0 nitrogen and oxygen atoms in total. The van der Waals surface area contributed by atoms with Crippen molar-refractivity contribution in [3.8, 4) is 0 Å². The average molecular weight is 320 g/mol. The molecule has 16 heavy (non-hydrogen) atoms. The van der Waals surface area contributed by atoms with Crippen molar-refractivity contribution in [3.05, 3.63) is 33.8 Å². The molecule has 2 fully saturated rings. The highest BCUT2D eigenvalue weighted by atomic mass is 79.9. The molecule has 0 aliphatic heterocycles. The van der Waals surface area contributed by atoms with Crippen LogP contribution in [0.3, 0.4) is 0 Å². The van der Waals surface area contributed by atoms with Gasteiger partial charge in [0.1, 0.15) is 0 Å². The van der Waals surface area contributed by atoms with Gasteiger partial charge in [-0.25, -0.2) is 0 Å². The molecule has 3 heteroatoms. The van der Waals surface area contributed by atoms with Gasteiger partial charge in [-0.3, -0.25) is 0 Å². The van der Waals surface area contributed by atoms with E-state index in [1.807, 2.05) is 18.2 Å². The van der Waals surface area contributed by atoms with Crippen molar-refractivity contribution < 1.29 is 0 Å². The van der Waals surface area contributed by atoms with Crippen molar-refractivity contribution in [2.45, 2.75) is 24.1 Å². The second kappa shape index (κ2) is 4.19. The number of hydrogen-bond acceptors (Lipinski definition) is 0. The summed E-state index contributed by atoms with van der Waals surface area (Å²) in [4.78, 5) is 0.367. The van der Waals surface area contributed by atoms with Crippen molar-refractivity contribution in [1.29, 1.82) is 0 Å². The van der Waals surface area contributed by atoms with Crippen molar-refractivity contribution in [2.24, 2.45) is 17.8 Å². The normalized spacial score (nSPS) is 33.6.